The van der Waals surface area contributed by atoms with Gasteiger partial charge in [0, 0.05) is 49.9 Å². The molecule has 0 N–H and O–H groups in total. The number of nitrogens with zero attached hydrogens (tertiary/aromatic N) is 4. The van der Waals surface area contributed by atoms with E-state index in [0.29, 0.717) is 0 Å². The van der Waals surface area contributed by atoms with Crippen molar-refractivity contribution in [2.75, 3.05) is 4.90 Å². The number of hydrogen-bond donors (Lipinski definition) is 0. The minimum atomic E-state index is 0.905. The van der Waals surface area contributed by atoms with Crippen LogP contribution < -0.4 is 4.90 Å². The number of rotatable bonds is 6. The summed E-state index contributed by atoms with van der Waals surface area (Å²) in [5.74, 6) is 0.905. The van der Waals surface area contributed by atoms with Crippen LogP contribution >= 0.6 is 0 Å². The molecule has 11 aromatic rings. The molecule has 0 saturated carbocycles. The molecular formula is C51H34N4. The predicted molar refractivity (Wildman–Crippen MR) is 231 cm³/mol. The van der Waals surface area contributed by atoms with Crippen molar-refractivity contribution in [1.82, 2.24) is 14.1 Å². The Morgan fingerprint density at radius 2 is 0.836 bits per heavy atom. The Labute approximate surface area is 318 Å². The maximum atomic E-state index is 5.21. The van der Waals surface area contributed by atoms with Crippen LogP contribution in [0.25, 0.3) is 77.1 Å². The van der Waals surface area contributed by atoms with E-state index in [4.69, 9.17) is 4.98 Å². The van der Waals surface area contributed by atoms with Crippen molar-refractivity contribution >= 4 is 71.4 Å². The van der Waals surface area contributed by atoms with Gasteiger partial charge in [-0.15, -0.1) is 0 Å². The van der Waals surface area contributed by atoms with Gasteiger partial charge in [0.15, 0.2) is 0 Å². The molecule has 0 atom stereocenters. The summed E-state index contributed by atoms with van der Waals surface area (Å²) in [5, 5.41) is 7.31. The highest BCUT2D eigenvalue weighted by Crippen LogP contribution is 2.40. The molecule has 0 spiro atoms. The van der Waals surface area contributed by atoms with Crippen LogP contribution in [0.3, 0.4) is 0 Å². The Morgan fingerprint density at radius 3 is 1.45 bits per heavy atom. The largest absolute Gasteiger partial charge is 0.311 e. The minimum absolute atomic E-state index is 0.905. The molecule has 11 rings (SSSR count). The molecule has 0 aliphatic rings. The SMILES string of the molecule is c1ccc(-c2cccc(-n3c4ccccc4c4cc5cc6c7ccccc7n(-c7ccc(N(c8ccccc8)c8ccccc8)cc7)c6cc5cc43)n2)cc1. The molecule has 3 aromatic heterocycles. The maximum absolute atomic E-state index is 5.21. The van der Waals surface area contributed by atoms with E-state index >= 15 is 0 Å². The third kappa shape index (κ3) is 5.11. The monoisotopic (exact) mass is 702 g/mol. The van der Waals surface area contributed by atoms with Crippen LogP contribution in [0.4, 0.5) is 17.1 Å². The van der Waals surface area contributed by atoms with Gasteiger partial charge in [0.05, 0.1) is 27.8 Å². The second-order valence-electron chi connectivity index (χ2n) is 14.1. The van der Waals surface area contributed by atoms with E-state index in [1.807, 2.05) is 6.07 Å². The summed E-state index contributed by atoms with van der Waals surface area (Å²) < 4.78 is 4.73. The fourth-order valence-corrected chi connectivity index (χ4v) is 8.37. The van der Waals surface area contributed by atoms with Crippen LogP contribution in [0.1, 0.15) is 0 Å². The molecule has 4 heteroatoms. The van der Waals surface area contributed by atoms with Crippen LogP contribution in [-0.4, -0.2) is 14.1 Å². The number of benzene rings is 8. The molecule has 0 aliphatic heterocycles. The lowest BCUT2D eigenvalue weighted by atomic mass is 10.0. The molecule has 0 aliphatic carbocycles. The van der Waals surface area contributed by atoms with E-state index in [1.165, 1.54) is 43.4 Å². The zero-order valence-electron chi connectivity index (χ0n) is 29.9. The van der Waals surface area contributed by atoms with Crippen LogP contribution in [0.2, 0.25) is 0 Å². The van der Waals surface area contributed by atoms with E-state index < -0.39 is 0 Å². The average molecular weight is 703 g/mol. The Bertz CT molecular complexity index is 3140. The number of para-hydroxylation sites is 4. The third-order valence-electron chi connectivity index (χ3n) is 10.8. The summed E-state index contributed by atoms with van der Waals surface area (Å²) >= 11 is 0. The summed E-state index contributed by atoms with van der Waals surface area (Å²) in [4.78, 5) is 7.52. The van der Waals surface area contributed by atoms with E-state index in [9.17, 15) is 0 Å². The van der Waals surface area contributed by atoms with Gasteiger partial charge in [-0.3, -0.25) is 4.57 Å². The topological polar surface area (TPSA) is 26.0 Å². The summed E-state index contributed by atoms with van der Waals surface area (Å²) in [6, 6.07) is 73.7. The van der Waals surface area contributed by atoms with Crippen LogP contribution in [-0.2, 0) is 0 Å². The van der Waals surface area contributed by atoms with Gasteiger partial charge in [-0.05, 0) is 108 Å². The zero-order valence-corrected chi connectivity index (χ0v) is 29.9. The summed E-state index contributed by atoms with van der Waals surface area (Å²) in [6.07, 6.45) is 0. The molecule has 258 valence electrons. The number of hydrogen-bond acceptors (Lipinski definition) is 2. The second-order valence-corrected chi connectivity index (χ2v) is 14.1. The summed E-state index contributed by atoms with van der Waals surface area (Å²) in [7, 11) is 0. The van der Waals surface area contributed by atoms with Crippen LogP contribution in [0.15, 0.2) is 206 Å². The van der Waals surface area contributed by atoms with E-state index in [-0.39, 0.29) is 0 Å². The van der Waals surface area contributed by atoms with Crippen molar-refractivity contribution in [3.8, 4) is 22.8 Å². The average Bonchev–Trinajstić information content (AvgIpc) is 3.75. The lowest BCUT2D eigenvalue weighted by Crippen LogP contribution is -2.09. The lowest BCUT2D eigenvalue weighted by Gasteiger charge is -2.25. The normalized spacial score (nSPS) is 11.6. The smallest absolute Gasteiger partial charge is 0.138 e. The summed E-state index contributed by atoms with van der Waals surface area (Å²) in [5.41, 5.74) is 11.2. The van der Waals surface area contributed by atoms with Crippen molar-refractivity contribution in [3.63, 3.8) is 0 Å². The Morgan fingerprint density at radius 1 is 0.345 bits per heavy atom. The first-order chi connectivity index (χ1) is 27.3. The summed E-state index contributed by atoms with van der Waals surface area (Å²) in [6.45, 7) is 0. The van der Waals surface area contributed by atoms with Gasteiger partial charge in [0.25, 0.3) is 0 Å². The van der Waals surface area contributed by atoms with E-state index in [2.05, 4.69) is 214 Å². The molecule has 55 heavy (non-hydrogen) atoms. The number of fused-ring (bicyclic) bond motifs is 7. The molecule has 0 unspecified atom stereocenters. The van der Waals surface area contributed by atoms with Gasteiger partial charge in [-0.1, -0.05) is 109 Å². The Kier molecular flexibility index (Phi) is 7.14. The standard InChI is InChI=1S/C51H34N4/c1-4-15-35(16-5-1)46-23-14-26-51(52-46)55-48-25-13-11-22-43(48)45-32-36-31-44-42-21-10-12-24-47(42)54(49(44)33-37(36)34-50(45)55)41-29-27-40(28-30-41)53(38-17-6-2-7-18-38)39-19-8-3-9-20-39/h1-34H. The maximum Gasteiger partial charge on any atom is 0.138 e. The van der Waals surface area contributed by atoms with Gasteiger partial charge >= 0.3 is 0 Å². The number of anilines is 3. The number of pyridine rings is 1. The fourth-order valence-electron chi connectivity index (χ4n) is 8.37. The molecule has 0 amide bonds. The highest BCUT2D eigenvalue weighted by atomic mass is 15.1. The van der Waals surface area contributed by atoms with E-state index in [1.54, 1.807) is 0 Å². The highest BCUT2D eigenvalue weighted by molar-refractivity contribution is 6.18. The van der Waals surface area contributed by atoms with Crippen LogP contribution in [0, 0.1) is 0 Å². The van der Waals surface area contributed by atoms with Crippen molar-refractivity contribution in [3.05, 3.63) is 206 Å². The molecule has 0 bridgehead atoms. The lowest BCUT2D eigenvalue weighted by molar-refractivity contribution is 1.08. The van der Waals surface area contributed by atoms with Crippen molar-refractivity contribution < 1.29 is 0 Å². The van der Waals surface area contributed by atoms with Gasteiger partial charge in [0.2, 0.25) is 0 Å². The van der Waals surface area contributed by atoms with Crippen molar-refractivity contribution in [2.45, 2.75) is 0 Å². The predicted octanol–water partition coefficient (Wildman–Crippen LogP) is 13.6. The Hall–Kier alpha value is -7.43. The van der Waals surface area contributed by atoms with Gasteiger partial charge in [-0.2, -0.15) is 0 Å². The Balaban J connectivity index is 1.10. The van der Waals surface area contributed by atoms with Crippen LogP contribution in [0.5, 0.6) is 0 Å². The molecule has 3 heterocycles. The van der Waals surface area contributed by atoms with E-state index in [0.717, 1.165) is 50.9 Å². The number of aromatic nitrogens is 3. The molecule has 0 fully saturated rings. The fraction of sp³-hybridized carbons (Fsp3) is 0. The van der Waals surface area contributed by atoms with Crippen molar-refractivity contribution in [1.29, 1.82) is 0 Å². The van der Waals surface area contributed by atoms with Gasteiger partial charge < -0.3 is 9.47 Å². The third-order valence-corrected chi connectivity index (χ3v) is 10.8. The molecule has 4 nitrogen and oxygen atoms in total. The van der Waals surface area contributed by atoms with Gasteiger partial charge in [0.1, 0.15) is 5.82 Å². The first-order valence-corrected chi connectivity index (χ1v) is 18.7. The second kappa shape index (κ2) is 12.6. The first kappa shape index (κ1) is 31.1. The minimum Gasteiger partial charge on any atom is -0.311 e. The molecule has 8 aromatic carbocycles. The highest BCUT2D eigenvalue weighted by Gasteiger charge is 2.18. The molecular weight excluding hydrogens is 669 g/mol. The first-order valence-electron chi connectivity index (χ1n) is 18.7. The van der Waals surface area contributed by atoms with Crippen molar-refractivity contribution in [2.24, 2.45) is 0 Å². The quantitative estimate of drug-likeness (QED) is 0.172. The van der Waals surface area contributed by atoms with Gasteiger partial charge in [-0.25, -0.2) is 4.98 Å². The zero-order chi connectivity index (χ0) is 36.3. The molecule has 0 saturated heterocycles. The molecule has 0 radical (unpaired) electrons.